The minimum atomic E-state index is -0.974. The summed E-state index contributed by atoms with van der Waals surface area (Å²) in [6.45, 7) is 5.14. The molecule has 0 aromatic heterocycles. The highest BCUT2D eigenvalue weighted by atomic mass is 16.5. The molecule has 1 unspecified atom stereocenters. The van der Waals surface area contributed by atoms with Gasteiger partial charge in [-0.05, 0) is 32.4 Å². The van der Waals surface area contributed by atoms with E-state index in [1.165, 1.54) is 6.92 Å². The molecule has 0 saturated heterocycles. The van der Waals surface area contributed by atoms with Gasteiger partial charge in [-0.2, -0.15) is 0 Å². The van der Waals surface area contributed by atoms with Crippen LogP contribution in [0.2, 0.25) is 0 Å². The molecule has 1 aromatic rings. The van der Waals surface area contributed by atoms with Gasteiger partial charge in [0.1, 0.15) is 0 Å². The predicted octanol–water partition coefficient (Wildman–Crippen LogP) is 1.68. The normalized spacial score (nSPS) is 11.8. The van der Waals surface area contributed by atoms with Gasteiger partial charge in [-0.1, -0.05) is 17.7 Å². The van der Waals surface area contributed by atoms with Crippen LogP contribution in [0.3, 0.4) is 0 Å². The number of hydrogen-bond donors (Lipinski definition) is 1. The number of esters is 1. The van der Waals surface area contributed by atoms with Crippen molar-refractivity contribution >= 4 is 17.7 Å². The second kappa shape index (κ2) is 6.84. The van der Waals surface area contributed by atoms with Gasteiger partial charge in [0.2, 0.25) is 0 Å². The summed E-state index contributed by atoms with van der Waals surface area (Å²) in [5, 5.41) is 0. The largest absolute Gasteiger partial charge is 0.453 e. The number of rotatable bonds is 6. The Balaban J connectivity index is 2.57. The van der Waals surface area contributed by atoms with Crippen LogP contribution in [0.5, 0.6) is 0 Å². The summed E-state index contributed by atoms with van der Waals surface area (Å²) < 4.78 is 4.79. The maximum atomic E-state index is 12.0. The smallest absolute Gasteiger partial charge is 0.307 e. The average Bonchev–Trinajstić information content (AvgIpc) is 2.38. The fourth-order valence-electron chi connectivity index (χ4n) is 1.70. The standard InChI is InChI=1S/C15H19NO4/c1-9-4-5-10(2)12(8-9)13(17)6-7-14(18)20-11(3)15(16)19/h4-5,8,11H,6-7H2,1-3H3,(H2,16,19). The molecule has 5 nitrogen and oxygen atoms in total. The molecular formula is C15H19NO4. The van der Waals surface area contributed by atoms with Crippen LogP contribution in [0.25, 0.3) is 0 Å². The number of hydrogen-bond acceptors (Lipinski definition) is 4. The van der Waals surface area contributed by atoms with Crippen LogP contribution in [-0.4, -0.2) is 23.8 Å². The molecule has 108 valence electrons. The Hall–Kier alpha value is -2.17. The molecule has 0 radical (unpaired) electrons. The molecule has 5 heteroatoms. The first-order valence-electron chi connectivity index (χ1n) is 6.40. The van der Waals surface area contributed by atoms with Gasteiger partial charge in [0.15, 0.2) is 11.9 Å². The van der Waals surface area contributed by atoms with Gasteiger partial charge >= 0.3 is 5.97 Å². The zero-order valence-electron chi connectivity index (χ0n) is 11.9. The second-order valence-electron chi connectivity index (χ2n) is 4.78. The SMILES string of the molecule is Cc1ccc(C)c(C(=O)CCC(=O)OC(C)C(N)=O)c1. The summed E-state index contributed by atoms with van der Waals surface area (Å²) in [5.74, 6) is -1.43. The first-order chi connectivity index (χ1) is 9.31. The maximum absolute atomic E-state index is 12.0. The molecule has 1 aromatic carbocycles. The van der Waals surface area contributed by atoms with Crippen molar-refractivity contribution < 1.29 is 19.1 Å². The molecule has 0 spiro atoms. The van der Waals surface area contributed by atoms with Crippen LogP contribution in [0.4, 0.5) is 0 Å². The Labute approximate surface area is 118 Å². The van der Waals surface area contributed by atoms with E-state index < -0.39 is 18.0 Å². The Bertz CT molecular complexity index is 537. The lowest BCUT2D eigenvalue weighted by Crippen LogP contribution is -2.30. The van der Waals surface area contributed by atoms with Crippen molar-refractivity contribution in [2.75, 3.05) is 0 Å². The van der Waals surface area contributed by atoms with Crippen LogP contribution in [0.15, 0.2) is 18.2 Å². The number of ether oxygens (including phenoxy) is 1. The minimum Gasteiger partial charge on any atom is -0.453 e. The van der Waals surface area contributed by atoms with E-state index >= 15 is 0 Å². The highest BCUT2D eigenvalue weighted by molar-refractivity contribution is 5.99. The molecule has 1 atom stereocenters. The highest BCUT2D eigenvalue weighted by Crippen LogP contribution is 2.14. The Morgan fingerprint density at radius 1 is 1.20 bits per heavy atom. The summed E-state index contributed by atoms with van der Waals surface area (Å²) in [7, 11) is 0. The molecule has 1 amide bonds. The number of benzene rings is 1. The Kier molecular flexibility index (Phi) is 5.43. The van der Waals surface area contributed by atoms with Gasteiger partial charge < -0.3 is 10.5 Å². The minimum absolute atomic E-state index is 0.0502. The van der Waals surface area contributed by atoms with Crippen molar-refractivity contribution in [2.45, 2.75) is 39.7 Å². The van der Waals surface area contributed by atoms with E-state index in [1.807, 2.05) is 26.0 Å². The monoisotopic (exact) mass is 277 g/mol. The number of aryl methyl sites for hydroxylation is 2. The molecule has 20 heavy (non-hydrogen) atoms. The van der Waals surface area contributed by atoms with Crippen molar-refractivity contribution in [2.24, 2.45) is 5.73 Å². The van der Waals surface area contributed by atoms with Gasteiger partial charge in [-0.15, -0.1) is 0 Å². The fraction of sp³-hybridized carbons (Fsp3) is 0.400. The summed E-state index contributed by atoms with van der Waals surface area (Å²) >= 11 is 0. The number of carbonyl (C=O) groups excluding carboxylic acids is 3. The highest BCUT2D eigenvalue weighted by Gasteiger charge is 2.16. The number of ketones is 1. The number of Topliss-reactive ketones (excluding diaryl/α,β-unsaturated/α-hetero) is 1. The topological polar surface area (TPSA) is 86.5 Å². The van der Waals surface area contributed by atoms with Crippen LogP contribution in [0, 0.1) is 13.8 Å². The molecule has 0 aliphatic heterocycles. The second-order valence-corrected chi connectivity index (χ2v) is 4.78. The molecule has 0 aliphatic carbocycles. The molecule has 0 bridgehead atoms. The van der Waals surface area contributed by atoms with Crippen molar-refractivity contribution in [1.82, 2.24) is 0 Å². The van der Waals surface area contributed by atoms with Gasteiger partial charge in [-0.3, -0.25) is 14.4 Å². The average molecular weight is 277 g/mol. The Morgan fingerprint density at radius 2 is 1.85 bits per heavy atom. The number of carbonyl (C=O) groups is 3. The molecule has 0 aliphatic rings. The van der Waals surface area contributed by atoms with E-state index in [-0.39, 0.29) is 18.6 Å². The maximum Gasteiger partial charge on any atom is 0.307 e. The number of nitrogens with two attached hydrogens (primary N) is 1. The third kappa shape index (κ3) is 4.50. The van der Waals surface area contributed by atoms with Crippen molar-refractivity contribution in [3.05, 3.63) is 34.9 Å². The first-order valence-corrected chi connectivity index (χ1v) is 6.40. The first kappa shape index (κ1) is 15.9. The van der Waals surface area contributed by atoms with E-state index in [2.05, 4.69) is 0 Å². The lowest BCUT2D eigenvalue weighted by atomic mass is 9.99. The van der Waals surface area contributed by atoms with Crippen LogP contribution < -0.4 is 5.73 Å². The van der Waals surface area contributed by atoms with E-state index in [0.717, 1.165) is 11.1 Å². The van der Waals surface area contributed by atoms with Crippen LogP contribution in [-0.2, 0) is 14.3 Å². The third-order valence-corrected chi connectivity index (χ3v) is 2.96. The predicted molar refractivity (Wildman–Crippen MR) is 74.2 cm³/mol. The summed E-state index contributed by atoms with van der Waals surface area (Å²) in [6.07, 6.45) is -0.989. The molecule has 0 fully saturated rings. The summed E-state index contributed by atoms with van der Waals surface area (Å²) in [4.78, 5) is 34.3. The van der Waals surface area contributed by atoms with Gasteiger partial charge in [0.25, 0.3) is 5.91 Å². The van der Waals surface area contributed by atoms with Gasteiger partial charge in [0, 0.05) is 12.0 Å². The van der Waals surface area contributed by atoms with Gasteiger partial charge in [0.05, 0.1) is 6.42 Å². The van der Waals surface area contributed by atoms with Crippen molar-refractivity contribution in [3.63, 3.8) is 0 Å². The number of primary amides is 1. The number of amides is 1. The van der Waals surface area contributed by atoms with E-state index in [1.54, 1.807) is 6.07 Å². The third-order valence-electron chi connectivity index (χ3n) is 2.96. The van der Waals surface area contributed by atoms with E-state index in [9.17, 15) is 14.4 Å². The molecule has 1 rings (SSSR count). The molecule has 2 N–H and O–H groups in total. The molecule has 0 heterocycles. The van der Waals surface area contributed by atoms with E-state index in [4.69, 9.17) is 10.5 Å². The summed E-state index contributed by atoms with van der Waals surface area (Å²) in [6, 6.07) is 5.60. The Morgan fingerprint density at radius 3 is 2.45 bits per heavy atom. The lowest BCUT2D eigenvalue weighted by molar-refractivity contribution is -0.153. The summed E-state index contributed by atoms with van der Waals surface area (Å²) in [5.41, 5.74) is 7.46. The molecule has 0 saturated carbocycles. The zero-order valence-corrected chi connectivity index (χ0v) is 11.9. The van der Waals surface area contributed by atoms with Crippen LogP contribution in [0.1, 0.15) is 41.3 Å². The van der Waals surface area contributed by atoms with Gasteiger partial charge in [-0.25, -0.2) is 0 Å². The quantitative estimate of drug-likeness (QED) is 0.633. The molecular weight excluding hydrogens is 258 g/mol. The van der Waals surface area contributed by atoms with Crippen molar-refractivity contribution in [3.8, 4) is 0 Å². The van der Waals surface area contributed by atoms with Crippen LogP contribution >= 0.6 is 0 Å². The fourth-order valence-corrected chi connectivity index (χ4v) is 1.70. The lowest BCUT2D eigenvalue weighted by Gasteiger charge is -2.10. The van der Waals surface area contributed by atoms with E-state index in [0.29, 0.717) is 5.56 Å². The zero-order chi connectivity index (χ0) is 15.3. The van der Waals surface area contributed by atoms with Crippen molar-refractivity contribution in [1.29, 1.82) is 0 Å².